The van der Waals surface area contributed by atoms with Gasteiger partial charge in [0, 0.05) is 0 Å². The van der Waals surface area contributed by atoms with E-state index in [0.29, 0.717) is 0 Å². The van der Waals surface area contributed by atoms with Crippen molar-refractivity contribution in [3.63, 3.8) is 0 Å². The molecule has 0 aromatic carbocycles. The van der Waals surface area contributed by atoms with Crippen LogP contribution in [-0.2, 0) is 4.79 Å². The molecule has 0 saturated carbocycles. The van der Waals surface area contributed by atoms with E-state index in [1.165, 1.54) is 0 Å². The van der Waals surface area contributed by atoms with Crippen LogP contribution in [-0.4, -0.2) is 34.2 Å². The Labute approximate surface area is 57.2 Å². The summed E-state index contributed by atoms with van der Waals surface area (Å²) < 4.78 is 0. The molecule has 0 bridgehead atoms. The number of halogens is 1. The molecule has 0 fully saturated rings. The van der Waals surface area contributed by atoms with Crippen LogP contribution >= 0.6 is 11.6 Å². The highest BCUT2D eigenvalue weighted by Gasteiger charge is 2.20. The van der Waals surface area contributed by atoms with Gasteiger partial charge in [0.15, 0.2) is 6.10 Å². The molecule has 0 aromatic heterocycles. The van der Waals surface area contributed by atoms with Gasteiger partial charge in [0.25, 0.3) is 0 Å². The fourth-order valence-electron chi connectivity index (χ4n) is 0.278. The smallest absolute Gasteiger partial charge is 0.247 e. The second kappa shape index (κ2) is 3.66. The van der Waals surface area contributed by atoms with E-state index >= 15 is 0 Å². The fourth-order valence-corrected chi connectivity index (χ4v) is 0.402. The van der Waals surface area contributed by atoms with E-state index in [0.717, 1.165) is 0 Å². The van der Waals surface area contributed by atoms with Crippen molar-refractivity contribution in [2.24, 2.45) is 5.73 Å². The molecule has 0 radical (unpaired) electrons. The minimum atomic E-state index is -1.46. The minimum Gasteiger partial charge on any atom is -0.395 e. The van der Waals surface area contributed by atoms with Gasteiger partial charge in [-0.3, -0.25) is 4.79 Å². The molecule has 1 amide bonds. The Morgan fingerprint density at radius 2 is 2.22 bits per heavy atom. The average Bonchev–Trinajstić information content (AvgIpc) is 1.84. The third kappa shape index (κ3) is 2.64. The molecule has 5 heteroatoms. The summed E-state index contributed by atoms with van der Waals surface area (Å²) in [4.78, 5) is 10.1. The normalized spacial score (nSPS) is 16.8. The summed E-state index contributed by atoms with van der Waals surface area (Å²) in [7, 11) is 0. The van der Waals surface area contributed by atoms with Gasteiger partial charge in [-0.25, -0.2) is 0 Å². The molecule has 0 rings (SSSR count). The SMILES string of the molecule is NC(=O)[C@H](O)[C@H](Cl)CO. The Morgan fingerprint density at radius 1 is 1.78 bits per heavy atom. The number of hydrogen-bond acceptors (Lipinski definition) is 3. The van der Waals surface area contributed by atoms with Crippen molar-refractivity contribution in [3.8, 4) is 0 Å². The maximum atomic E-state index is 10.1. The van der Waals surface area contributed by atoms with Crippen molar-refractivity contribution >= 4 is 17.5 Å². The molecule has 0 aromatic rings. The van der Waals surface area contributed by atoms with Gasteiger partial charge in [0.2, 0.25) is 5.91 Å². The lowest BCUT2D eigenvalue weighted by Gasteiger charge is -2.09. The van der Waals surface area contributed by atoms with E-state index in [1.54, 1.807) is 0 Å². The largest absolute Gasteiger partial charge is 0.395 e. The van der Waals surface area contributed by atoms with Crippen LogP contribution in [0.15, 0.2) is 0 Å². The summed E-state index contributed by atoms with van der Waals surface area (Å²) in [6.07, 6.45) is -1.46. The topological polar surface area (TPSA) is 83.6 Å². The first kappa shape index (κ1) is 8.68. The van der Waals surface area contributed by atoms with E-state index in [2.05, 4.69) is 5.73 Å². The summed E-state index contributed by atoms with van der Waals surface area (Å²) in [5.74, 6) is -0.927. The number of carbonyl (C=O) groups excluding carboxylic acids is 1. The van der Waals surface area contributed by atoms with Crippen LogP contribution < -0.4 is 5.73 Å². The number of amides is 1. The number of primary amides is 1. The van der Waals surface area contributed by atoms with Gasteiger partial charge in [0.05, 0.1) is 12.0 Å². The fraction of sp³-hybridized carbons (Fsp3) is 0.750. The maximum absolute atomic E-state index is 10.1. The van der Waals surface area contributed by atoms with Crippen LogP contribution in [0, 0.1) is 0 Å². The Balaban J connectivity index is 3.72. The van der Waals surface area contributed by atoms with Gasteiger partial charge in [-0.2, -0.15) is 0 Å². The molecule has 0 spiro atoms. The maximum Gasteiger partial charge on any atom is 0.247 e. The number of aliphatic hydroxyl groups excluding tert-OH is 2. The molecule has 54 valence electrons. The van der Waals surface area contributed by atoms with Crippen molar-refractivity contribution in [3.05, 3.63) is 0 Å². The van der Waals surface area contributed by atoms with E-state index < -0.39 is 24.0 Å². The minimum absolute atomic E-state index is 0.467. The Bertz CT molecular complexity index is 108. The van der Waals surface area contributed by atoms with Gasteiger partial charge in [-0.1, -0.05) is 0 Å². The van der Waals surface area contributed by atoms with Crippen LogP contribution in [0.5, 0.6) is 0 Å². The van der Waals surface area contributed by atoms with Gasteiger partial charge in [0.1, 0.15) is 0 Å². The van der Waals surface area contributed by atoms with Crippen LogP contribution in [0.25, 0.3) is 0 Å². The Morgan fingerprint density at radius 3 is 2.33 bits per heavy atom. The predicted octanol–water partition coefficient (Wildman–Crippen LogP) is -1.57. The van der Waals surface area contributed by atoms with Gasteiger partial charge in [-0.05, 0) is 0 Å². The molecule has 0 aliphatic rings. The first-order valence-corrected chi connectivity index (χ1v) is 2.75. The molecule has 0 aliphatic carbocycles. The van der Waals surface area contributed by atoms with E-state index in [9.17, 15) is 4.79 Å². The highest BCUT2D eigenvalue weighted by molar-refractivity contribution is 6.22. The van der Waals surface area contributed by atoms with E-state index in [-0.39, 0.29) is 0 Å². The lowest BCUT2D eigenvalue weighted by Crippen LogP contribution is -2.37. The first-order valence-electron chi connectivity index (χ1n) is 2.32. The molecule has 0 saturated heterocycles. The molecule has 0 unspecified atom stereocenters. The molecular weight excluding hydrogens is 146 g/mol. The summed E-state index contributed by atoms with van der Waals surface area (Å²) in [6.45, 7) is -0.467. The summed E-state index contributed by atoms with van der Waals surface area (Å²) >= 11 is 5.21. The lowest BCUT2D eigenvalue weighted by molar-refractivity contribution is -0.126. The highest BCUT2D eigenvalue weighted by Crippen LogP contribution is 1.99. The van der Waals surface area contributed by atoms with Gasteiger partial charge in [-0.15, -0.1) is 11.6 Å². The second-order valence-corrected chi connectivity index (χ2v) is 2.11. The van der Waals surface area contributed by atoms with E-state index in [1.807, 2.05) is 0 Å². The third-order valence-corrected chi connectivity index (χ3v) is 1.19. The quantitative estimate of drug-likeness (QED) is 0.429. The van der Waals surface area contributed by atoms with Crippen molar-refractivity contribution in [2.75, 3.05) is 6.61 Å². The zero-order valence-corrected chi connectivity index (χ0v) is 5.38. The van der Waals surface area contributed by atoms with Crippen LogP contribution in [0.1, 0.15) is 0 Å². The summed E-state index contributed by atoms with van der Waals surface area (Å²) in [6, 6.07) is 0. The molecule has 4 N–H and O–H groups in total. The van der Waals surface area contributed by atoms with Crippen LogP contribution in [0.3, 0.4) is 0 Å². The highest BCUT2D eigenvalue weighted by atomic mass is 35.5. The van der Waals surface area contributed by atoms with Crippen molar-refractivity contribution in [1.29, 1.82) is 0 Å². The van der Waals surface area contributed by atoms with Crippen LogP contribution in [0.2, 0.25) is 0 Å². The van der Waals surface area contributed by atoms with Gasteiger partial charge >= 0.3 is 0 Å². The number of alkyl halides is 1. The molecular formula is C4H8ClNO3. The average molecular weight is 154 g/mol. The first-order chi connectivity index (χ1) is 4.09. The third-order valence-electron chi connectivity index (χ3n) is 0.809. The van der Waals surface area contributed by atoms with Crippen molar-refractivity contribution in [1.82, 2.24) is 0 Å². The zero-order chi connectivity index (χ0) is 7.44. The number of aliphatic hydroxyl groups is 2. The second-order valence-electron chi connectivity index (χ2n) is 1.55. The van der Waals surface area contributed by atoms with Crippen LogP contribution in [0.4, 0.5) is 0 Å². The Hall–Kier alpha value is -0.320. The number of rotatable bonds is 3. The number of hydrogen-bond donors (Lipinski definition) is 3. The molecule has 0 heterocycles. The standard InChI is InChI=1S/C4H8ClNO3/c5-2(1-7)3(8)4(6)9/h2-3,7-8H,1H2,(H2,6,9)/t2-,3-/m1/s1. The number of nitrogens with two attached hydrogens (primary N) is 1. The lowest BCUT2D eigenvalue weighted by atomic mass is 10.2. The molecule has 2 atom stereocenters. The number of carbonyl (C=O) groups is 1. The predicted molar refractivity (Wildman–Crippen MR) is 31.9 cm³/mol. The van der Waals surface area contributed by atoms with E-state index in [4.69, 9.17) is 21.8 Å². The molecule has 4 nitrogen and oxygen atoms in total. The van der Waals surface area contributed by atoms with Gasteiger partial charge < -0.3 is 15.9 Å². The summed E-state index contributed by atoms with van der Waals surface area (Å²) in [5.41, 5.74) is 4.63. The zero-order valence-electron chi connectivity index (χ0n) is 4.62. The summed E-state index contributed by atoms with van der Waals surface area (Å²) in [5, 5.41) is 15.9. The Kier molecular flexibility index (Phi) is 3.53. The molecule has 9 heavy (non-hydrogen) atoms. The van der Waals surface area contributed by atoms with Crippen molar-refractivity contribution < 1.29 is 15.0 Å². The monoisotopic (exact) mass is 153 g/mol. The van der Waals surface area contributed by atoms with Crippen molar-refractivity contribution in [2.45, 2.75) is 11.5 Å². The molecule has 0 aliphatic heterocycles.